The predicted octanol–water partition coefficient (Wildman–Crippen LogP) is -3.84. The van der Waals surface area contributed by atoms with Gasteiger partial charge < -0.3 is 21.5 Å². The summed E-state index contributed by atoms with van der Waals surface area (Å²) < 4.78 is 66.2. The Morgan fingerprint density at radius 2 is 0.938 bits per heavy atom. The third-order valence-electron chi connectivity index (χ3n) is 0. The van der Waals surface area contributed by atoms with Gasteiger partial charge in [-0.3, -0.25) is 0 Å². The second-order valence-electron chi connectivity index (χ2n) is 1.08. The zero-order valence-corrected chi connectivity index (χ0v) is 10.7. The molecule has 0 fully saturated rings. The topological polar surface area (TPSA) is 258 Å². The molecule has 0 aromatic heterocycles. The van der Waals surface area contributed by atoms with Crippen molar-refractivity contribution in [3.63, 3.8) is 0 Å². The zero-order chi connectivity index (χ0) is 12.6. The second-order valence-corrected chi connectivity index (χ2v) is 3.75. The zero-order valence-electron chi connectivity index (χ0n) is 7.15. The van der Waals surface area contributed by atoms with Gasteiger partial charge >= 0.3 is 75.6 Å². The summed E-state index contributed by atoms with van der Waals surface area (Å²) in [6.45, 7) is 0. The molecule has 0 aliphatic rings. The fraction of sp³-hybridized carbons (Fsp3) is 0. The first-order valence-electron chi connectivity index (χ1n) is 1.91. The monoisotopic (exact) mass is 372 g/mol. The van der Waals surface area contributed by atoms with Crippen LogP contribution in [0.4, 0.5) is 0 Å². The molecule has 0 spiro atoms. The minimum absolute atomic E-state index is 0. The van der Waals surface area contributed by atoms with Gasteiger partial charge in [0.05, 0.1) is 5.09 Å². The Hall–Kier alpha value is -0.242. The van der Waals surface area contributed by atoms with Gasteiger partial charge in [-0.15, -0.1) is 0 Å². The molecule has 0 saturated heterocycles. The van der Waals surface area contributed by atoms with Crippen LogP contribution in [0.1, 0.15) is 0 Å². The standard InChI is InChI=1S/2Cr.NO3.H3N.Ni.2H2O.6O/c;;2-1(3)4;;;;;;;;;;/h;;;1H3;;2*1H2;;;;;;/q;+2;-1;;+2;;;;;;;2*-1/p-1. The number of hydrogen-bond donors (Lipinski definition) is 3. The van der Waals surface area contributed by atoms with Crippen LogP contribution < -0.4 is 14.5 Å². The van der Waals surface area contributed by atoms with Crippen LogP contribution >= 0.6 is 0 Å². The van der Waals surface area contributed by atoms with Crippen LogP contribution in [0.3, 0.4) is 0 Å². The van der Waals surface area contributed by atoms with Crippen molar-refractivity contribution in [3.05, 3.63) is 15.3 Å². The second kappa shape index (κ2) is 12.8. The third kappa shape index (κ3) is 38400. The van der Waals surface area contributed by atoms with Gasteiger partial charge in [-0.05, 0) is 0 Å². The molecule has 104 valence electrons. The molecule has 16 heteroatoms. The van der Waals surface area contributed by atoms with Crippen molar-refractivity contribution < 1.29 is 80.7 Å². The van der Waals surface area contributed by atoms with Crippen molar-refractivity contribution in [1.82, 2.24) is 6.15 Å². The van der Waals surface area contributed by atoms with Crippen LogP contribution in [0.15, 0.2) is 0 Å². The fourth-order valence-corrected chi connectivity index (χ4v) is 0. The summed E-state index contributed by atoms with van der Waals surface area (Å²) in [5.74, 6) is 0. The summed E-state index contributed by atoms with van der Waals surface area (Å²) in [7, 11) is 0. The van der Waals surface area contributed by atoms with Gasteiger partial charge in [0.25, 0.3) is 0 Å². The SMILES string of the molecule is O=[N+]([O-])[O-].[NH4+].[Ni+2].[O]=[Cr](=[O])([O-])[O-].[O]=[Cr](=[O])([OH])[OH]. The molecular weight excluding hydrogens is 367 g/mol. The van der Waals surface area contributed by atoms with Crippen LogP contribution in [0.25, 0.3) is 0 Å². The van der Waals surface area contributed by atoms with E-state index >= 15 is 0 Å². The van der Waals surface area contributed by atoms with E-state index in [9.17, 15) is 0 Å². The van der Waals surface area contributed by atoms with Gasteiger partial charge in [-0.2, -0.15) is 0 Å². The van der Waals surface area contributed by atoms with E-state index in [1.54, 1.807) is 0 Å². The molecule has 0 aliphatic carbocycles. The van der Waals surface area contributed by atoms with E-state index in [1.165, 1.54) is 0 Å². The van der Waals surface area contributed by atoms with Gasteiger partial charge in [0.15, 0.2) is 0 Å². The Bertz CT molecular complexity index is 288. The van der Waals surface area contributed by atoms with E-state index in [0.29, 0.717) is 0 Å². The van der Waals surface area contributed by atoms with Gasteiger partial charge in [0, 0.05) is 0 Å². The Labute approximate surface area is 102 Å². The number of quaternary nitrogens is 1. The molecule has 0 amide bonds. The average Bonchev–Trinajstić information content (AvgIpc) is 1.45. The third-order valence-corrected chi connectivity index (χ3v) is 0. The molecule has 0 rings (SSSR count). The summed E-state index contributed by atoms with van der Waals surface area (Å²) in [6.07, 6.45) is 0. The van der Waals surface area contributed by atoms with E-state index in [1.807, 2.05) is 0 Å². The van der Waals surface area contributed by atoms with Gasteiger partial charge in [0.1, 0.15) is 0 Å². The minimum atomic E-state index is -5.75. The molecule has 16 heavy (non-hydrogen) atoms. The first-order valence-corrected chi connectivity index (χ1v) is 6.18. The summed E-state index contributed by atoms with van der Waals surface area (Å²) in [5, 5.41) is 14.8. The molecule has 0 heterocycles. The van der Waals surface area contributed by atoms with Gasteiger partial charge in [0.2, 0.25) is 0 Å². The number of rotatable bonds is 0. The van der Waals surface area contributed by atoms with E-state index in [2.05, 4.69) is 0 Å². The van der Waals surface area contributed by atoms with Crippen LogP contribution in [-0.4, -0.2) is 13.4 Å². The van der Waals surface area contributed by atoms with Crippen molar-refractivity contribution in [1.29, 1.82) is 0 Å². The molecule has 0 radical (unpaired) electrons. The molecule has 0 unspecified atom stereocenters. The summed E-state index contributed by atoms with van der Waals surface area (Å²) in [4.78, 5) is 8.25. The van der Waals surface area contributed by atoms with Crippen molar-refractivity contribution >= 4 is 0 Å². The molecule has 0 aliphatic heterocycles. The number of nitrogens with zero attached hydrogens (tertiary/aromatic N) is 1. The van der Waals surface area contributed by atoms with E-state index in [4.69, 9.17) is 47.2 Å². The van der Waals surface area contributed by atoms with E-state index in [-0.39, 0.29) is 22.6 Å². The Morgan fingerprint density at radius 3 is 0.938 bits per heavy atom. The summed E-state index contributed by atoms with van der Waals surface area (Å²) in [5.41, 5.74) is 0. The Balaban J connectivity index is -0.0000000358. The van der Waals surface area contributed by atoms with Crippen LogP contribution in [0.2, 0.25) is 0 Å². The van der Waals surface area contributed by atoms with Crippen LogP contribution in [0, 0.1) is 15.3 Å². The Morgan fingerprint density at radius 1 is 0.938 bits per heavy atom. The maximum absolute atomic E-state index is 8.82. The first-order chi connectivity index (χ1) is 5.73. The van der Waals surface area contributed by atoms with Crippen molar-refractivity contribution in [2.24, 2.45) is 0 Å². The van der Waals surface area contributed by atoms with Gasteiger partial charge in [-0.1, -0.05) is 0 Å². The molecule has 6 N–H and O–H groups in total. The molecule has 0 aromatic rings. The van der Waals surface area contributed by atoms with Crippen LogP contribution in [-0.2, 0) is 58.9 Å². The van der Waals surface area contributed by atoms with E-state index in [0.717, 1.165) is 0 Å². The average molecular weight is 373 g/mol. The molecular formula is H6Cr2N2NiO11. The molecule has 0 atom stereocenters. The van der Waals surface area contributed by atoms with Crippen molar-refractivity contribution in [3.8, 4) is 0 Å². The van der Waals surface area contributed by atoms with Crippen molar-refractivity contribution in [2.45, 2.75) is 0 Å². The van der Waals surface area contributed by atoms with Crippen molar-refractivity contribution in [2.75, 3.05) is 0 Å². The molecule has 0 saturated carbocycles. The predicted molar refractivity (Wildman–Crippen MR) is 23.5 cm³/mol. The normalized spacial score (nSPS) is 8.75. The number of hydrogen-bond acceptors (Lipinski definition) is 9. The maximum atomic E-state index is 8.82. The summed E-state index contributed by atoms with van der Waals surface area (Å²) in [6, 6.07) is 0. The van der Waals surface area contributed by atoms with Gasteiger partial charge in [-0.25, -0.2) is 0 Å². The quantitative estimate of drug-likeness (QED) is 0.210. The first kappa shape index (κ1) is 29.7. The Kier molecular flexibility index (Phi) is 23.8. The molecule has 13 nitrogen and oxygen atoms in total. The molecule has 0 aromatic carbocycles. The fourth-order valence-electron chi connectivity index (χ4n) is 0. The molecule has 0 bridgehead atoms. The summed E-state index contributed by atoms with van der Waals surface area (Å²) >= 11 is -11.0. The van der Waals surface area contributed by atoms with E-state index < -0.39 is 32.3 Å². The van der Waals surface area contributed by atoms with Crippen LogP contribution in [0.5, 0.6) is 0 Å².